The predicted octanol–water partition coefficient (Wildman–Crippen LogP) is 5.15. The van der Waals surface area contributed by atoms with Gasteiger partial charge in [-0.05, 0) is 62.7 Å². The molecule has 2 atom stereocenters. The van der Waals surface area contributed by atoms with Gasteiger partial charge in [0.15, 0.2) is 0 Å². The molecule has 0 radical (unpaired) electrons. The fourth-order valence-corrected chi connectivity index (χ4v) is 5.58. The van der Waals surface area contributed by atoms with Crippen LogP contribution >= 0.6 is 0 Å². The number of benzene rings is 3. The summed E-state index contributed by atoms with van der Waals surface area (Å²) in [6, 6.07) is 23.3. The van der Waals surface area contributed by atoms with Crippen LogP contribution in [0.1, 0.15) is 41.4 Å². The molecule has 3 aromatic carbocycles. The zero-order chi connectivity index (χ0) is 30.5. The first kappa shape index (κ1) is 29.8. The lowest BCUT2D eigenvalue weighted by molar-refractivity contribution is -0.139. The number of amides is 3. The fraction of sp³-hybridized carbons (Fsp3) is 0.324. The van der Waals surface area contributed by atoms with Crippen molar-refractivity contribution in [1.82, 2.24) is 20.0 Å². The highest BCUT2D eigenvalue weighted by Crippen LogP contribution is 2.34. The molecule has 3 amide bonds. The molecule has 2 aliphatic heterocycles. The van der Waals surface area contributed by atoms with Gasteiger partial charge in [-0.2, -0.15) is 0 Å². The summed E-state index contributed by atoms with van der Waals surface area (Å²) in [4.78, 5) is 45.5. The van der Waals surface area contributed by atoms with Gasteiger partial charge in [-0.25, -0.2) is 9.59 Å². The van der Waals surface area contributed by atoms with Gasteiger partial charge in [0.1, 0.15) is 11.5 Å². The topological polar surface area (TPSA) is 91.4 Å². The third-order valence-corrected chi connectivity index (χ3v) is 7.89. The summed E-state index contributed by atoms with van der Waals surface area (Å²) in [6.45, 7) is 8.07. The lowest BCUT2D eigenvalue weighted by Gasteiger charge is -2.42. The third kappa shape index (κ3) is 6.73. The molecule has 0 unspecified atom stereocenters. The van der Waals surface area contributed by atoms with E-state index in [0.29, 0.717) is 60.1 Å². The van der Waals surface area contributed by atoms with E-state index < -0.39 is 12.0 Å². The van der Waals surface area contributed by atoms with E-state index in [0.717, 1.165) is 5.56 Å². The molecule has 0 aliphatic carbocycles. The number of piperazine rings is 1. The second-order valence-corrected chi connectivity index (χ2v) is 11.0. The lowest BCUT2D eigenvalue weighted by Crippen LogP contribution is -2.56. The van der Waals surface area contributed by atoms with Gasteiger partial charge in [-0.1, -0.05) is 48.0 Å². The highest BCUT2D eigenvalue weighted by atomic mass is 16.5. The summed E-state index contributed by atoms with van der Waals surface area (Å²) < 4.78 is 11.5. The van der Waals surface area contributed by atoms with Gasteiger partial charge >= 0.3 is 12.0 Å². The Hall–Kier alpha value is -4.63. The molecule has 1 fully saturated rings. The average molecular weight is 583 g/mol. The van der Waals surface area contributed by atoms with E-state index in [2.05, 4.69) is 10.2 Å². The number of para-hydroxylation sites is 1. The van der Waals surface area contributed by atoms with Crippen LogP contribution in [0.2, 0.25) is 0 Å². The van der Waals surface area contributed by atoms with Crippen LogP contribution in [0.15, 0.2) is 90.1 Å². The summed E-state index contributed by atoms with van der Waals surface area (Å²) in [5, 5.41) is 2.98. The number of rotatable bonds is 8. The monoisotopic (exact) mass is 582 g/mol. The van der Waals surface area contributed by atoms with E-state index in [4.69, 9.17) is 9.47 Å². The summed E-state index contributed by atoms with van der Waals surface area (Å²) >= 11 is 0. The van der Waals surface area contributed by atoms with Crippen LogP contribution in [0.5, 0.6) is 11.5 Å². The second-order valence-electron chi connectivity index (χ2n) is 11.0. The molecule has 2 heterocycles. The Morgan fingerprint density at radius 1 is 0.953 bits per heavy atom. The van der Waals surface area contributed by atoms with Crippen molar-refractivity contribution in [2.75, 3.05) is 39.8 Å². The molecule has 9 heteroatoms. The Kier molecular flexibility index (Phi) is 9.11. The second kappa shape index (κ2) is 13.1. The highest BCUT2D eigenvalue weighted by Gasteiger charge is 2.38. The quantitative estimate of drug-likeness (QED) is 0.370. The van der Waals surface area contributed by atoms with Crippen molar-refractivity contribution in [2.45, 2.75) is 32.9 Å². The van der Waals surface area contributed by atoms with Gasteiger partial charge < -0.3 is 19.7 Å². The van der Waals surface area contributed by atoms with Crippen molar-refractivity contribution in [3.8, 4) is 11.5 Å². The Morgan fingerprint density at radius 3 is 2.37 bits per heavy atom. The number of urea groups is 1. The minimum Gasteiger partial charge on any atom is -0.463 e. The van der Waals surface area contributed by atoms with Crippen molar-refractivity contribution in [1.29, 1.82) is 0 Å². The molecule has 0 aromatic heterocycles. The molecule has 0 saturated carbocycles. The van der Waals surface area contributed by atoms with E-state index in [9.17, 15) is 14.4 Å². The number of aryl methyl sites for hydroxylation is 1. The number of ether oxygens (including phenoxy) is 2. The zero-order valence-electron chi connectivity index (χ0n) is 25.1. The van der Waals surface area contributed by atoms with E-state index in [-0.39, 0.29) is 24.6 Å². The molecule has 43 heavy (non-hydrogen) atoms. The largest absolute Gasteiger partial charge is 0.463 e. The zero-order valence-corrected chi connectivity index (χ0v) is 25.1. The summed E-state index contributed by atoms with van der Waals surface area (Å²) in [6.07, 6.45) is 0. The smallest absolute Gasteiger partial charge is 0.338 e. The Balaban J connectivity index is 1.41. The molecular weight excluding hydrogens is 544 g/mol. The van der Waals surface area contributed by atoms with E-state index in [1.165, 1.54) is 4.90 Å². The van der Waals surface area contributed by atoms with E-state index in [1.807, 2.05) is 97.6 Å². The normalized spacial score (nSPS) is 19.2. The maximum Gasteiger partial charge on any atom is 0.338 e. The van der Waals surface area contributed by atoms with Crippen molar-refractivity contribution in [3.05, 3.63) is 107 Å². The molecule has 0 spiro atoms. The summed E-state index contributed by atoms with van der Waals surface area (Å²) in [7, 11) is 1.66. The number of esters is 1. The Labute approximate surface area is 252 Å². The van der Waals surface area contributed by atoms with Crippen LogP contribution in [-0.2, 0) is 9.53 Å². The van der Waals surface area contributed by atoms with Crippen molar-refractivity contribution in [3.63, 3.8) is 0 Å². The molecule has 0 bridgehead atoms. The molecule has 2 aliphatic rings. The number of hydrogen-bond donors (Lipinski definition) is 1. The number of nitrogens with one attached hydrogen (secondary N) is 1. The van der Waals surface area contributed by atoms with Crippen LogP contribution < -0.4 is 10.1 Å². The van der Waals surface area contributed by atoms with E-state index >= 15 is 0 Å². The Bertz CT molecular complexity index is 1500. The van der Waals surface area contributed by atoms with Crippen molar-refractivity contribution < 1.29 is 23.9 Å². The van der Waals surface area contributed by atoms with Crippen LogP contribution in [0.3, 0.4) is 0 Å². The van der Waals surface area contributed by atoms with Crippen molar-refractivity contribution >= 4 is 17.9 Å². The molecule has 224 valence electrons. The van der Waals surface area contributed by atoms with Crippen LogP contribution in [0.25, 0.3) is 0 Å². The molecule has 1 saturated heterocycles. The van der Waals surface area contributed by atoms with Gasteiger partial charge in [0.25, 0.3) is 5.91 Å². The highest BCUT2D eigenvalue weighted by molar-refractivity contribution is 5.95. The first-order chi connectivity index (χ1) is 20.7. The standard InChI is InChI=1S/C34H38N4O5/c1-5-42-33(40)30-29(22-37-18-19-38(24(3)21-37)32(39)25-16-14-23(2)15-17-25)36(4)34(41)35-31(30)26-10-9-13-28(20-26)43-27-11-7-6-8-12-27/h6-17,20,24,31H,5,18-19,21-22H2,1-4H3,(H,35,41)/t24-,31-/m0/s1. The minimum absolute atomic E-state index is 0.00501. The number of carbonyl (C=O) groups is 3. The van der Waals surface area contributed by atoms with Gasteiger partial charge in [0.2, 0.25) is 0 Å². The molecular formula is C34H38N4O5. The number of carbonyl (C=O) groups excluding carboxylic acids is 3. The molecule has 3 aromatic rings. The molecule has 1 N–H and O–H groups in total. The van der Waals surface area contributed by atoms with Gasteiger partial charge in [-0.3, -0.25) is 14.6 Å². The fourth-order valence-electron chi connectivity index (χ4n) is 5.58. The van der Waals surface area contributed by atoms with Crippen LogP contribution in [-0.4, -0.2) is 78.5 Å². The van der Waals surface area contributed by atoms with Gasteiger partial charge in [0.05, 0.1) is 18.2 Å². The van der Waals surface area contributed by atoms with Gasteiger partial charge in [0, 0.05) is 50.5 Å². The lowest BCUT2D eigenvalue weighted by atomic mass is 9.94. The van der Waals surface area contributed by atoms with Crippen LogP contribution in [0, 0.1) is 6.92 Å². The maximum atomic E-state index is 13.5. The summed E-state index contributed by atoms with van der Waals surface area (Å²) in [5.74, 6) is 0.795. The Morgan fingerprint density at radius 2 is 1.67 bits per heavy atom. The van der Waals surface area contributed by atoms with Crippen LogP contribution in [0.4, 0.5) is 4.79 Å². The van der Waals surface area contributed by atoms with E-state index in [1.54, 1.807) is 14.0 Å². The number of hydrogen-bond acceptors (Lipinski definition) is 6. The summed E-state index contributed by atoms with van der Waals surface area (Å²) in [5.41, 5.74) is 3.44. The minimum atomic E-state index is -0.723. The third-order valence-electron chi connectivity index (χ3n) is 7.89. The van der Waals surface area contributed by atoms with Gasteiger partial charge in [-0.15, -0.1) is 0 Å². The predicted molar refractivity (Wildman–Crippen MR) is 164 cm³/mol. The first-order valence-corrected chi connectivity index (χ1v) is 14.6. The maximum absolute atomic E-state index is 13.5. The number of likely N-dealkylation sites (N-methyl/N-ethyl adjacent to an activating group) is 1. The molecule has 9 nitrogen and oxygen atoms in total. The average Bonchev–Trinajstić information content (AvgIpc) is 3.00. The van der Waals surface area contributed by atoms with Crippen molar-refractivity contribution in [2.24, 2.45) is 0 Å². The SMILES string of the molecule is CCOC(=O)C1=C(CN2CCN(C(=O)c3ccc(C)cc3)[C@@H](C)C2)N(C)C(=O)N[C@H]1c1cccc(Oc2ccccc2)c1. The molecule has 5 rings (SSSR count). The first-order valence-electron chi connectivity index (χ1n) is 14.6. The number of nitrogens with zero attached hydrogens (tertiary/aromatic N) is 3.